The number of thioether (sulfide) groups is 1. The van der Waals surface area contributed by atoms with Crippen molar-refractivity contribution >= 4 is 11.8 Å². The van der Waals surface area contributed by atoms with Crippen molar-refractivity contribution in [1.82, 2.24) is 5.32 Å². The number of nitrogens with one attached hydrogen (secondary N) is 1. The van der Waals surface area contributed by atoms with Crippen LogP contribution in [-0.2, 0) is 6.42 Å². The van der Waals surface area contributed by atoms with Gasteiger partial charge in [-0.1, -0.05) is 58.9 Å². The molecule has 0 fully saturated rings. The molecule has 0 bridgehead atoms. The van der Waals surface area contributed by atoms with Gasteiger partial charge in [-0.2, -0.15) is 11.8 Å². The van der Waals surface area contributed by atoms with Crippen LogP contribution in [0.15, 0.2) is 24.3 Å². The van der Waals surface area contributed by atoms with E-state index in [1.165, 1.54) is 36.1 Å². The lowest BCUT2D eigenvalue weighted by Crippen LogP contribution is -2.25. The Hall–Kier alpha value is -0.470. The van der Waals surface area contributed by atoms with Crippen molar-refractivity contribution in [3.8, 4) is 0 Å². The summed E-state index contributed by atoms with van der Waals surface area (Å²) in [6, 6.07) is 9.67. The van der Waals surface area contributed by atoms with Gasteiger partial charge in [0.25, 0.3) is 0 Å². The van der Waals surface area contributed by atoms with Crippen LogP contribution >= 0.6 is 11.8 Å². The second kappa shape index (κ2) is 10.3. The van der Waals surface area contributed by atoms with E-state index < -0.39 is 0 Å². The molecule has 0 aromatic heterocycles. The molecule has 0 amide bonds. The summed E-state index contributed by atoms with van der Waals surface area (Å²) in [7, 11) is 0. The first-order valence-corrected chi connectivity index (χ1v) is 9.55. The second-order valence-electron chi connectivity index (χ2n) is 6.40. The summed E-state index contributed by atoms with van der Waals surface area (Å²) < 4.78 is 0. The van der Waals surface area contributed by atoms with Crippen molar-refractivity contribution in [3.63, 3.8) is 0 Å². The van der Waals surface area contributed by atoms with Gasteiger partial charge >= 0.3 is 0 Å². The average molecular weight is 308 g/mol. The first-order chi connectivity index (χ1) is 10.1. The Bertz CT molecular complexity index is 389. The summed E-state index contributed by atoms with van der Waals surface area (Å²) in [6.45, 7) is 12.5. The van der Waals surface area contributed by atoms with E-state index in [9.17, 15) is 0 Å². The highest BCUT2D eigenvalue weighted by molar-refractivity contribution is 7.99. The molecule has 0 aliphatic heterocycles. The number of hydrogen-bond donors (Lipinski definition) is 1. The van der Waals surface area contributed by atoms with Gasteiger partial charge in [0.1, 0.15) is 0 Å². The summed E-state index contributed by atoms with van der Waals surface area (Å²) >= 11 is 2.09. The van der Waals surface area contributed by atoms with Gasteiger partial charge in [-0.25, -0.2) is 0 Å². The molecule has 1 aromatic carbocycles. The third-order valence-corrected chi connectivity index (χ3v) is 5.19. The molecular formula is C19H33NS. The number of benzene rings is 1. The van der Waals surface area contributed by atoms with Gasteiger partial charge in [-0.3, -0.25) is 0 Å². The summed E-state index contributed by atoms with van der Waals surface area (Å²) in [6.07, 6.45) is 3.61. The minimum atomic E-state index is 0.482. The van der Waals surface area contributed by atoms with Crippen LogP contribution in [0.25, 0.3) is 0 Å². The maximum absolute atomic E-state index is 3.72. The van der Waals surface area contributed by atoms with Crippen LogP contribution in [0.3, 0.4) is 0 Å². The number of hydrogen-bond acceptors (Lipinski definition) is 2. The fraction of sp³-hybridized carbons (Fsp3) is 0.684. The third kappa shape index (κ3) is 7.37. The predicted octanol–water partition coefficient (Wildman–Crippen LogP) is 5.46. The first kappa shape index (κ1) is 18.6. The van der Waals surface area contributed by atoms with Crippen LogP contribution in [-0.4, -0.2) is 17.5 Å². The minimum Gasteiger partial charge on any atom is -0.309 e. The maximum atomic E-state index is 3.72. The minimum absolute atomic E-state index is 0.482. The zero-order valence-corrected chi connectivity index (χ0v) is 15.3. The van der Waals surface area contributed by atoms with Crippen LogP contribution in [0.4, 0.5) is 0 Å². The van der Waals surface area contributed by atoms with Crippen molar-refractivity contribution in [2.75, 3.05) is 12.3 Å². The highest BCUT2D eigenvalue weighted by atomic mass is 32.2. The standard InChI is InChI=1S/C19H33NS/c1-6-11-20-19(14-21-16(5)7-2)18-10-8-9-17(13-18)12-15(3)4/h8-10,13,15-16,19-20H,6-7,11-12,14H2,1-5H3. The monoisotopic (exact) mass is 307 g/mol. The molecular weight excluding hydrogens is 274 g/mol. The summed E-state index contributed by atoms with van der Waals surface area (Å²) in [4.78, 5) is 0. The highest BCUT2D eigenvalue weighted by Gasteiger charge is 2.13. The SMILES string of the molecule is CCCNC(CSC(C)CC)c1cccc(CC(C)C)c1. The Kier molecular flexibility index (Phi) is 9.10. The van der Waals surface area contributed by atoms with Gasteiger partial charge in [0, 0.05) is 17.0 Å². The average Bonchev–Trinajstić information content (AvgIpc) is 2.46. The topological polar surface area (TPSA) is 12.0 Å². The Morgan fingerprint density at radius 1 is 1.14 bits per heavy atom. The van der Waals surface area contributed by atoms with Gasteiger partial charge in [-0.05, 0) is 42.9 Å². The van der Waals surface area contributed by atoms with E-state index in [1.54, 1.807) is 0 Å². The fourth-order valence-corrected chi connectivity index (χ4v) is 3.45. The highest BCUT2D eigenvalue weighted by Crippen LogP contribution is 2.24. The lowest BCUT2D eigenvalue weighted by atomic mass is 9.98. The van der Waals surface area contributed by atoms with Crippen LogP contribution < -0.4 is 5.32 Å². The Morgan fingerprint density at radius 3 is 2.52 bits per heavy atom. The molecule has 0 aliphatic carbocycles. The van der Waals surface area contributed by atoms with E-state index in [4.69, 9.17) is 0 Å². The van der Waals surface area contributed by atoms with Gasteiger partial charge in [0.2, 0.25) is 0 Å². The van der Waals surface area contributed by atoms with Gasteiger partial charge < -0.3 is 5.32 Å². The number of rotatable bonds is 10. The zero-order chi connectivity index (χ0) is 15.7. The lowest BCUT2D eigenvalue weighted by molar-refractivity contribution is 0.575. The van der Waals surface area contributed by atoms with Crippen molar-refractivity contribution < 1.29 is 0 Å². The van der Waals surface area contributed by atoms with E-state index in [0.29, 0.717) is 6.04 Å². The van der Waals surface area contributed by atoms with Gasteiger partial charge in [0.05, 0.1) is 0 Å². The first-order valence-electron chi connectivity index (χ1n) is 8.50. The van der Waals surface area contributed by atoms with E-state index in [-0.39, 0.29) is 0 Å². The molecule has 0 heterocycles. The molecule has 0 saturated heterocycles. The van der Waals surface area contributed by atoms with E-state index in [1.807, 2.05) is 0 Å². The lowest BCUT2D eigenvalue weighted by Gasteiger charge is -2.21. The van der Waals surface area contributed by atoms with E-state index >= 15 is 0 Å². The Labute approximate surface area is 136 Å². The molecule has 0 saturated carbocycles. The Morgan fingerprint density at radius 2 is 1.90 bits per heavy atom. The summed E-state index contributed by atoms with van der Waals surface area (Å²) in [5, 5.41) is 4.47. The largest absolute Gasteiger partial charge is 0.309 e. The molecule has 1 N–H and O–H groups in total. The van der Waals surface area contributed by atoms with Crippen LogP contribution in [0.2, 0.25) is 0 Å². The van der Waals surface area contributed by atoms with Crippen molar-refractivity contribution in [3.05, 3.63) is 35.4 Å². The van der Waals surface area contributed by atoms with Gasteiger partial charge in [0.15, 0.2) is 0 Å². The summed E-state index contributed by atoms with van der Waals surface area (Å²) in [5.41, 5.74) is 2.93. The van der Waals surface area contributed by atoms with Crippen LogP contribution in [0, 0.1) is 5.92 Å². The quantitative estimate of drug-likeness (QED) is 0.616. The van der Waals surface area contributed by atoms with Crippen LogP contribution in [0.1, 0.15) is 64.6 Å². The predicted molar refractivity (Wildman–Crippen MR) is 98.2 cm³/mol. The van der Waals surface area contributed by atoms with E-state index in [0.717, 1.165) is 17.7 Å². The van der Waals surface area contributed by atoms with E-state index in [2.05, 4.69) is 76.0 Å². The second-order valence-corrected chi connectivity index (χ2v) is 7.87. The molecule has 21 heavy (non-hydrogen) atoms. The fourth-order valence-electron chi connectivity index (χ4n) is 2.38. The zero-order valence-electron chi connectivity index (χ0n) is 14.5. The molecule has 2 heteroatoms. The molecule has 1 nitrogen and oxygen atoms in total. The summed E-state index contributed by atoms with van der Waals surface area (Å²) in [5.74, 6) is 1.89. The van der Waals surface area contributed by atoms with Crippen molar-refractivity contribution in [2.45, 2.75) is 65.2 Å². The molecule has 1 aromatic rings. The van der Waals surface area contributed by atoms with Crippen molar-refractivity contribution in [2.24, 2.45) is 5.92 Å². The molecule has 120 valence electrons. The Balaban J connectivity index is 2.76. The third-order valence-electron chi connectivity index (χ3n) is 3.76. The molecule has 2 unspecified atom stereocenters. The molecule has 1 rings (SSSR count). The maximum Gasteiger partial charge on any atom is 0.0412 e. The molecule has 0 radical (unpaired) electrons. The molecule has 2 atom stereocenters. The van der Waals surface area contributed by atoms with Crippen molar-refractivity contribution in [1.29, 1.82) is 0 Å². The van der Waals surface area contributed by atoms with Crippen LogP contribution in [0.5, 0.6) is 0 Å². The normalized spacial score (nSPS) is 14.4. The molecule has 0 spiro atoms. The van der Waals surface area contributed by atoms with Gasteiger partial charge in [-0.15, -0.1) is 0 Å². The smallest absolute Gasteiger partial charge is 0.0412 e. The molecule has 0 aliphatic rings.